The second kappa shape index (κ2) is 6.19. The minimum Gasteiger partial charge on any atom is -0.345 e. The number of nitrogens with one attached hydrogen (secondary N) is 1. The molecule has 2 bridgehead atoms. The Labute approximate surface area is 137 Å². The van der Waals surface area contributed by atoms with Gasteiger partial charge in [-0.05, 0) is 42.2 Å². The molecule has 2 saturated carbocycles. The molecule has 2 aliphatic rings. The smallest absolute Gasteiger partial charge is 0.224 e. The van der Waals surface area contributed by atoms with Gasteiger partial charge in [-0.2, -0.15) is 0 Å². The van der Waals surface area contributed by atoms with Crippen LogP contribution in [-0.2, 0) is 4.79 Å². The molecule has 3 atom stereocenters. The van der Waals surface area contributed by atoms with Crippen molar-refractivity contribution in [2.24, 2.45) is 17.8 Å². The van der Waals surface area contributed by atoms with Crippen LogP contribution in [-0.4, -0.2) is 5.91 Å². The van der Waals surface area contributed by atoms with Crippen molar-refractivity contribution in [3.05, 3.63) is 71.8 Å². The lowest BCUT2D eigenvalue weighted by atomic mass is 9.87. The van der Waals surface area contributed by atoms with E-state index in [4.69, 9.17) is 0 Å². The molecule has 0 aliphatic heterocycles. The fourth-order valence-corrected chi connectivity index (χ4v) is 4.47. The molecule has 0 aromatic heterocycles. The van der Waals surface area contributed by atoms with Gasteiger partial charge in [-0.15, -0.1) is 0 Å². The number of amides is 1. The predicted molar refractivity (Wildman–Crippen MR) is 91.8 cm³/mol. The van der Waals surface area contributed by atoms with Crippen LogP contribution in [0, 0.1) is 17.8 Å². The van der Waals surface area contributed by atoms with E-state index < -0.39 is 0 Å². The molecule has 3 unspecified atom stereocenters. The average Bonchev–Trinajstić information content (AvgIpc) is 3.24. The molecule has 118 valence electrons. The standard InChI is InChI=1S/C21H23NO/c23-21(19-14-15-11-12-18(19)13-15)22-20(16-7-3-1-4-8-16)17-9-5-2-6-10-17/h1-10,15,18-20H,11-14H2,(H,22,23). The number of benzene rings is 2. The Morgan fingerprint density at radius 2 is 1.48 bits per heavy atom. The highest BCUT2D eigenvalue weighted by Crippen LogP contribution is 2.48. The molecule has 2 fully saturated rings. The molecule has 2 aromatic carbocycles. The minimum absolute atomic E-state index is 0.0518. The third-order valence-corrected chi connectivity index (χ3v) is 5.63. The van der Waals surface area contributed by atoms with Crippen LogP contribution in [0.25, 0.3) is 0 Å². The Balaban J connectivity index is 1.57. The van der Waals surface area contributed by atoms with E-state index >= 15 is 0 Å². The van der Waals surface area contributed by atoms with Crippen molar-refractivity contribution in [2.75, 3.05) is 0 Å². The second-order valence-electron chi connectivity index (χ2n) is 7.04. The van der Waals surface area contributed by atoms with Crippen LogP contribution in [0.2, 0.25) is 0 Å². The first kappa shape index (κ1) is 14.5. The Morgan fingerprint density at radius 3 is 1.96 bits per heavy atom. The first-order valence-electron chi connectivity index (χ1n) is 8.71. The van der Waals surface area contributed by atoms with Crippen LogP contribution in [0.3, 0.4) is 0 Å². The molecule has 0 radical (unpaired) electrons. The third kappa shape index (κ3) is 2.90. The van der Waals surface area contributed by atoms with Crippen LogP contribution >= 0.6 is 0 Å². The Hall–Kier alpha value is -2.09. The van der Waals surface area contributed by atoms with Crippen molar-refractivity contribution >= 4 is 5.91 Å². The Morgan fingerprint density at radius 1 is 0.870 bits per heavy atom. The van der Waals surface area contributed by atoms with Crippen molar-refractivity contribution in [3.63, 3.8) is 0 Å². The summed E-state index contributed by atoms with van der Waals surface area (Å²) in [5, 5.41) is 3.34. The summed E-state index contributed by atoms with van der Waals surface area (Å²) >= 11 is 0. The van der Waals surface area contributed by atoms with Crippen molar-refractivity contribution in [2.45, 2.75) is 31.7 Å². The number of fused-ring (bicyclic) bond motifs is 2. The van der Waals surface area contributed by atoms with Crippen LogP contribution in [0.1, 0.15) is 42.9 Å². The van der Waals surface area contributed by atoms with Gasteiger partial charge in [-0.25, -0.2) is 0 Å². The number of hydrogen-bond acceptors (Lipinski definition) is 1. The first-order valence-corrected chi connectivity index (χ1v) is 8.71. The van der Waals surface area contributed by atoms with Crippen LogP contribution in [0.15, 0.2) is 60.7 Å². The van der Waals surface area contributed by atoms with Gasteiger partial charge in [0.25, 0.3) is 0 Å². The van der Waals surface area contributed by atoms with E-state index in [0.717, 1.165) is 23.5 Å². The quantitative estimate of drug-likeness (QED) is 0.895. The van der Waals surface area contributed by atoms with Crippen molar-refractivity contribution < 1.29 is 4.79 Å². The van der Waals surface area contributed by atoms with Crippen molar-refractivity contribution in [1.29, 1.82) is 0 Å². The van der Waals surface area contributed by atoms with Crippen LogP contribution in [0.4, 0.5) is 0 Å². The van der Waals surface area contributed by atoms with E-state index in [-0.39, 0.29) is 17.9 Å². The molecule has 2 aromatic rings. The summed E-state index contributed by atoms with van der Waals surface area (Å²) in [4.78, 5) is 12.9. The Bertz CT molecular complexity index is 627. The summed E-state index contributed by atoms with van der Waals surface area (Å²) in [7, 11) is 0. The zero-order valence-corrected chi connectivity index (χ0v) is 13.3. The number of carbonyl (C=O) groups excluding carboxylic acids is 1. The van der Waals surface area contributed by atoms with Gasteiger partial charge in [0.2, 0.25) is 5.91 Å². The summed E-state index contributed by atoms with van der Waals surface area (Å²) in [6.45, 7) is 0. The summed E-state index contributed by atoms with van der Waals surface area (Å²) in [6.07, 6.45) is 4.92. The highest BCUT2D eigenvalue weighted by Gasteiger charge is 2.43. The first-order chi connectivity index (χ1) is 11.3. The molecule has 0 heterocycles. The van der Waals surface area contributed by atoms with Gasteiger partial charge in [0.15, 0.2) is 0 Å². The molecule has 23 heavy (non-hydrogen) atoms. The molecule has 2 heteroatoms. The average molecular weight is 305 g/mol. The fourth-order valence-electron chi connectivity index (χ4n) is 4.47. The van der Waals surface area contributed by atoms with Gasteiger partial charge in [0.1, 0.15) is 0 Å². The van der Waals surface area contributed by atoms with E-state index in [2.05, 4.69) is 29.6 Å². The lowest BCUT2D eigenvalue weighted by Gasteiger charge is -2.25. The highest BCUT2D eigenvalue weighted by molar-refractivity contribution is 5.80. The van der Waals surface area contributed by atoms with E-state index in [1.165, 1.54) is 19.3 Å². The maximum Gasteiger partial charge on any atom is 0.224 e. The second-order valence-corrected chi connectivity index (χ2v) is 7.04. The SMILES string of the molecule is O=C(NC(c1ccccc1)c1ccccc1)C1CC2CCC1C2. The fraction of sp³-hybridized carbons (Fsp3) is 0.381. The number of rotatable bonds is 4. The van der Waals surface area contributed by atoms with Gasteiger partial charge in [0.05, 0.1) is 6.04 Å². The van der Waals surface area contributed by atoms with E-state index in [1.54, 1.807) is 0 Å². The van der Waals surface area contributed by atoms with Crippen LogP contribution < -0.4 is 5.32 Å². The lowest BCUT2D eigenvalue weighted by Crippen LogP contribution is -2.36. The molecule has 2 nitrogen and oxygen atoms in total. The normalized spacial score (nSPS) is 25.7. The molecule has 0 saturated heterocycles. The maximum atomic E-state index is 12.9. The van der Waals surface area contributed by atoms with Gasteiger partial charge in [-0.3, -0.25) is 4.79 Å². The van der Waals surface area contributed by atoms with Gasteiger partial charge < -0.3 is 5.32 Å². The van der Waals surface area contributed by atoms with E-state index in [1.807, 2.05) is 36.4 Å². The zero-order chi connectivity index (χ0) is 15.6. The minimum atomic E-state index is -0.0518. The molecule has 4 rings (SSSR count). The number of hydrogen-bond donors (Lipinski definition) is 1. The maximum absolute atomic E-state index is 12.9. The van der Waals surface area contributed by atoms with Gasteiger partial charge in [-0.1, -0.05) is 67.1 Å². The van der Waals surface area contributed by atoms with Gasteiger partial charge >= 0.3 is 0 Å². The largest absolute Gasteiger partial charge is 0.345 e. The monoisotopic (exact) mass is 305 g/mol. The summed E-state index contributed by atoms with van der Waals surface area (Å²) in [6, 6.07) is 20.5. The van der Waals surface area contributed by atoms with Gasteiger partial charge in [0, 0.05) is 5.92 Å². The molecular formula is C21H23NO. The molecule has 2 aliphatic carbocycles. The molecule has 1 N–H and O–H groups in total. The molecular weight excluding hydrogens is 282 g/mol. The summed E-state index contributed by atoms with van der Waals surface area (Å²) < 4.78 is 0. The van der Waals surface area contributed by atoms with Crippen molar-refractivity contribution in [3.8, 4) is 0 Å². The third-order valence-electron chi connectivity index (χ3n) is 5.63. The predicted octanol–water partition coefficient (Wildman–Crippen LogP) is 4.33. The molecule has 0 spiro atoms. The Kier molecular flexibility index (Phi) is 3.90. The highest BCUT2D eigenvalue weighted by atomic mass is 16.2. The summed E-state index contributed by atoms with van der Waals surface area (Å²) in [5.41, 5.74) is 2.30. The van der Waals surface area contributed by atoms with E-state index in [9.17, 15) is 4.79 Å². The van der Waals surface area contributed by atoms with E-state index in [0.29, 0.717) is 5.92 Å². The summed E-state index contributed by atoms with van der Waals surface area (Å²) in [5.74, 6) is 1.88. The zero-order valence-electron chi connectivity index (χ0n) is 13.3. The topological polar surface area (TPSA) is 29.1 Å². The van der Waals surface area contributed by atoms with Crippen LogP contribution in [0.5, 0.6) is 0 Å². The van der Waals surface area contributed by atoms with Crippen molar-refractivity contribution in [1.82, 2.24) is 5.32 Å². The number of carbonyl (C=O) groups is 1. The lowest BCUT2D eigenvalue weighted by molar-refractivity contribution is -0.127. The molecule has 1 amide bonds.